The van der Waals surface area contributed by atoms with Crippen LogP contribution in [-0.4, -0.2) is 29.2 Å². The van der Waals surface area contributed by atoms with Crippen LogP contribution in [0.1, 0.15) is 54.4 Å². The van der Waals surface area contributed by atoms with Crippen molar-refractivity contribution in [2.24, 2.45) is 0 Å². The lowest BCUT2D eigenvalue weighted by molar-refractivity contribution is 0.0946. The lowest BCUT2D eigenvalue weighted by atomic mass is 9.99. The Morgan fingerprint density at radius 1 is 1.03 bits per heavy atom. The quantitative estimate of drug-likeness (QED) is 0.274. The number of aromatic nitrogens is 2. The Labute approximate surface area is 206 Å². The molecule has 4 rings (SSSR count). The summed E-state index contributed by atoms with van der Waals surface area (Å²) in [7, 11) is 1.56. The summed E-state index contributed by atoms with van der Waals surface area (Å²) in [4.78, 5) is 17.5. The Hall–Kier alpha value is -3.80. The van der Waals surface area contributed by atoms with Crippen molar-refractivity contribution in [2.45, 2.75) is 45.7 Å². The van der Waals surface area contributed by atoms with E-state index in [1.807, 2.05) is 42.5 Å². The first kappa shape index (κ1) is 24.3. The molecule has 4 aromatic rings. The highest BCUT2D eigenvalue weighted by molar-refractivity contribution is 5.96. The summed E-state index contributed by atoms with van der Waals surface area (Å²) in [6.07, 6.45) is 1.95. The summed E-state index contributed by atoms with van der Waals surface area (Å²) in [6.45, 7) is 6.10. The number of nitrogens with one attached hydrogen (secondary N) is 1. The summed E-state index contributed by atoms with van der Waals surface area (Å²) in [5.41, 5.74) is 3.80. The molecule has 1 atom stereocenters. The Morgan fingerprint density at radius 3 is 2.54 bits per heavy atom. The van der Waals surface area contributed by atoms with Crippen LogP contribution in [0.15, 0.2) is 72.8 Å². The Kier molecular flexibility index (Phi) is 8.03. The van der Waals surface area contributed by atoms with Crippen LogP contribution in [-0.2, 0) is 13.1 Å². The Morgan fingerprint density at radius 2 is 1.77 bits per heavy atom. The van der Waals surface area contributed by atoms with E-state index < -0.39 is 0 Å². The van der Waals surface area contributed by atoms with Crippen LogP contribution in [0.2, 0.25) is 0 Å². The van der Waals surface area contributed by atoms with Gasteiger partial charge in [0.15, 0.2) is 0 Å². The molecule has 0 aliphatic rings. The first-order valence-electron chi connectivity index (χ1n) is 12.2. The maximum absolute atomic E-state index is 12.8. The van der Waals surface area contributed by atoms with E-state index in [9.17, 15) is 4.79 Å². The molecule has 0 fully saturated rings. The third-order valence-electron chi connectivity index (χ3n) is 6.35. The number of methoxy groups -OCH3 is 1. The van der Waals surface area contributed by atoms with Gasteiger partial charge in [0.2, 0.25) is 0 Å². The van der Waals surface area contributed by atoms with Gasteiger partial charge in [0.1, 0.15) is 17.3 Å². The highest BCUT2D eigenvalue weighted by Crippen LogP contribution is 2.22. The smallest absolute Gasteiger partial charge is 0.255 e. The van der Waals surface area contributed by atoms with Gasteiger partial charge < -0.3 is 19.4 Å². The lowest BCUT2D eigenvalue weighted by Crippen LogP contribution is -2.25. The van der Waals surface area contributed by atoms with E-state index in [4.69, 9.17) is 14.5 Å². The van der Waals surface area contributed by atoms with E-state index in [1.165, 1.54) is 5.56 Å². The van der Waals surface area contributed by atoms with Crippen molar-refractivity contribution in [3.8, 4) is 11.5 Å². The molecule has 1 unspecified atom stereocenters. The van der Waals surface area contributed by atoms with Crippen LogP contribution in [0.4, 0.5) is 0 Å². The van der Waals surface area contributed by atoms with Gasteiger partial charge in [-0.15, -0.1) is 0 Å². The van der Waals surface area contributed by atoms with E-state index in [2.05, 4.69) is 41.9 Å². The second-order valence-corrected chi connectivity index (χ2v) is 8.63. The number of amides is 1. The fraction of sp³-hybridized carbons (Fsp3) is 0.310. The largest absolute Gasteiger partial charge is 0.496 e. The van der Waals surface area contributed by atoms with Gasteiger partial charge in [0, 0.05) is 6.54 Å². The van der Waals surface area contributed by atoms with Crippen LogP contribution >= 0.6 is 0 Å². The number of rotatable bonds is 11. The Bertz CT molecular complexity index is 1260. The minimum Gasteiger partial charge on any atom is -0.496 e. The zero-order chi connectivity index (χ0) is 24.6. The van der Waals surface area contributed by atoms with E-state index >= 15 is 0 Å². The average Bonchev–Trinajstić information content (AvgIpc) is 3.26. The van der Waals surface area contributed by atoms with Crippen LogP contribution in [0.25, 0.3) is 11.0 Å². The molecule has 0 saturated heterocycles. The van der Waals surface area contributed by atoms with Gasteiger partial charge in [-0.2, -0.15) is 0 Å². The van der Waals surface area contributed by atoms with Crippen molar-refractivity contribution in [2.75, 3.05) is 13.7 Å². The summed E-state index contributed by atoms with van der Waals surface area (Å²) in [5.74, 6) is 2.61. The molecule has 182 valence electrons. The second-order valence-electron chi connectivity index (χ2n) is 8.63. The standard InChI is InChI=1S/C29H33N3O3/c1-4-21(2)22-14-16-23(17-15-22)35-19-9-18-32-26-12-7-6-11-25(26)31-28(32)20-30-29(33)24-10-5-8-13-27(24)34-3/h5-8,10-17,21H,4,9,18-20H2,1-3H3,(H,30,33). The molecule has 1 heterocycles. The molecule has 0 saturated carbocycles. The third-order valence-corrected chi connectivity index (χ3v) is 6.35. The van der Waals surface area contributed by atoms with Gasteiger partial charge in [-0.3, -0.25) is 4.79 Å². The molecule has 6 nitrogen and oxygen atoms in total. The van der Waals surface area contributed by atoms with Crippen molar-refractivity contribution < 1.29 is 14.3 Å². The summed E-state index contributed by atoms with van der Waals surface area (Å²) >= 11 is 0. The molecule has 0 bridgehead atoms. The number of imidazole rings is 1. The van der Waals surface area contributed by atoms with Gasteiger partial charge in [-0.25, -0.2) is 4.98 Å². The first-order chi connectivity index (χ1) is 17.1. The number of para-hydroxylation sites is 3. The number of carbonyl (C=O) groups excluding carboxylic acids is 1. The molecular formula is C29H33N3O3. The fourth-order valence-electron chi connectivity index (χ4n) is 4.14. The van der Waals surface area contributed by atoms with Crippen molar-refractivity contribution in [1.29, 1.82) is 0 Å². The maximum Gasteiger partial charge on any atom is 0.255 e. The van der Waals surface area contributed by atoms with Gasteiger partial charge in [0.25, 0.3) is 5.91 Å². The molecule has 0 aliphatic heterocycles. The summed E-state index contributed by atoms with van der Waals surface area (Å²) in [5, 5.41) is 2.99. The summed E-state index contributed by atoms with van der Waals surface area (Å²) in [6, 6.07) is 23.6. The number of nitrogens with zero attached hydrogens (tertiary/aromatic N) is 2. The molecule has 1 amide bonds. The van der Waals surface area contributed by atoms with Crippen molar-refractivity contribution >= 4 is 16.9 Å². The van der Waals surface area contributed by atoms with Crippen LogP contribution < -0.4 is 14.8 Å². The van der Waals surface area contributed by atoms with Gasteiger partial charge in [-0.1, -0.05) is 50.2 Å². The minimum absolute atomic E-state index is 0.190. The molecule has 6 heteroatoms. The zero-order valence-electron chi connectivity index (χ0n) is 20.7. The number of fused-ring (bicyclic) bond motifs is 1. The van der Waals surface area contributed by atoms with Crippen LogP contribution in [0, 0.1) is 0 Å². The molecule has 0 radical (unpaired) electrons. The molecule has 3 aromatic carbocycles. The molecule has 0 aliphatic carbocycles. The molecular weight excluding hydrogens is 438 g/mol. The number of aryl methyl sites for hydroxylation is 1. The van der Waals surface area contributed by atoms with Crippen molar-refractivity contribution in [3.63, 3.8) is 0 Å². The number of hydrogen-bond donors (Lipinski definition) is 1. The summed E-state index contributed by atoms with van der Waals surface area (Å²) < 4.78 is 13.5. The number of ether oxygens (including phenoxy) is 2. The fourth-order valence-corrected chi connectivity index (χ4v) is 4.14. The normalized spacial score (nSPS) is 11.9. The third kappa shape index (κ3) is 5.83. The van der Waals surface area contributed by atoms with E-state index in [1.54, 1.807) is 19.2 Å². The van der Waals surface area contributed by atoms with E-state index in [0.29, 0.717) is 30.4 Å². The topological polar surface area (TPSA) is 65.4 Å². The maximum atomic E-state index is 12.8. The predicted molar refractivity (Wildman–Crippen MR) is 139 cm³/mol. The highest BCUT2D eigenvalue weighted by atomic mass is 16.5. The van der Waals surface area contributed by atoms with Crippen LogP contribution in [0.3, 0.4) is 0 Å². The highest BCUT2D eigenvalue weighted by Gasteiger charge is 2.15. The lowest BCUT2D eigenvalue weighted by Gasteiger charge is -2.13. The number of carbonyl (C=O) groups is 1. The number of benzene rings is 3. The minimum atomic E-state index is -0.190. The molecule has 1 aromatic heterocycles. The van der Waals surface area contributed by atoms with Gasteiger partial charge >= 0.3 is 0 Å². The number of hydrogen-bond acceptors (Lipinski definition) is 4. The predicted octanol–water partition coefficient (Wildman–Crippen LogP) is 5.96. The molecule has 0 spiro atoms. The Balaban J connectivity index is 1.40. The SMILES string of the molecule is CCC(C)c1ccc(OCCCn2c(CNC(=O)c3ccccc3OC)nc3ccccc32)cc1. The first-order valence-corrected chi connectivity index (χ1v) is 12.2. The van der Waals surface area contributed by atoms with Gasteiger partial charge in [-0.05, 0) is 60.7 Å². The molecule has 35 heavy (non-hydrogen) atoms. The van der Waals surface area contributed by atoms with Crippen molar-refractivity contribution in [3.05, 3.63) is 89.7 Å². The van der Waals surface area contributed by atoms with E-state index in [0.717, 1.165) is 42.0 Å². The molecule has 1 N–H and O–H groups in total. The zero-order valence-corrected chi connectivity index (χ0v) is 20.7. The van der Waals surface area contributed by atoms with Gasteiger partial charge in [0.05, 0.1) is 36.9 Å². The van der Waals surface area contributed by atoms with Crippen molar-refractivity contribution in [1.82, 2.24) is 14.9 Å². The van der Waals surface area contributed by atoms with Crippen LogP contribution in [0.5, 0.6) is 11.5 Å². The average molecular weight is 472 g/mol. The van der Waals surface area contributed by atoms with E-state index in [-0.39, 0.29) is 5.91 Å². The monoisotopic (exact) mass is 471 g/mol. The second kappa shape index (κ2) is 11.6.